The lowest BCUT2D eigenvalue weighted by Crippen LogP contribution is -2.51. The van der Waals surface area contributed by atoms with Crippen molar-refractivity contribution in [1.82, 2.24) is 14.8 Å². The molecule has 0 unspecified atom stereocenters. The van der Waals surface area contributed by atoms with E-state index in [-0.39, 0.29) is 36.8 Å². The fourth-order valence-electron chi connectivity index (χ4n) is 5.08. The second kappa shape index (κ2) is 9.50. The van der Waals surface area contributed by atoms with Gasteiger partial charge in [0, 0.05) is 31.7 Å². The van der Waals surface area contributed by atoms with Gasteiger partial charge in [-0.05, 0) is 30.0 Å². The molecule has 11 heteroatoms. The van der Waals surface area contributed by atoms with Crippen molar-refractivity contribution >= 4 is 23.4 Å². The molecule has 0 saturated carbocycles. The Morgan fingerprint density at radius 3 is 2.65 bits per heavy atom. The molecule has 3 heterocycles. The number of para-hydroxylation sites is 1. The summed E-state index contributed by atoms with van der Waals surface area (Å²) in [7, 11) is 1.35. The highest BCUT2D eigenvalue weighted by molar-refractivity contribution is 6.07. The maximum absolute atomic E-state index is 13.9. The van der Waals surface area contributed by atoms with Crippen molar-refractivity contribution in [2.75, 3.05) is 18.9 Å². The van der Waals surface area contributed by atoms with Crippen LogP contribution in [0.3, 0.4) is 0 Å². The number of fused-ring (bicyclic) bond motifs is 2. The molecule has 2 aliphatic rings. The van der Waals surface area contributed by atoms with Gasteiger partial charge < -0.3 is 10.2 Å². The summed E-state index contributed by atoms with van der Waals surface area (Å²) in [6.45, 7) is 11.4. The third-order valence-electron chi connectivity index (χ3n) is 6.97. The Kier molecular flexibility index (Phi) is 6.71. The highest BCUT2D eigenvalue weighted by atomic mass is 19.4. The lowest BCUT2D eigenvalue weighted by atomic mass is 9.80. The molecule has 8 nitrogen and oxygen atoms in total. The maximum atomic E-state index is 13.9. The summed E-state index contributed by atoms with van der Waals surface area (Å²) >= 11 is 0. The number of hydrogen-bond donors (Lipinski definition) is 1. The van der Waals surface area contributed by atoms with Gasteiger partial charge >= 0.3 is 12.3 Å². The van der Waals surface area contributed by atoms with Crippen molar-refractivity contribution < 1.29 is 27.6 Å². The van der Waals surface area contributed by atoms with Crippen molar-refractivity contribution in [1.29, 1.82) is 0 Å². The van der Waals surface area contributed by atoms with Crippen molar-refractivity contribution in [2.45, 2.75) is 50.5 Å². The fraction of sp³-hybridized carbons (Fsp3) is 0.423. The molecule has 1 aromatic carbocycles. The number of alkyl halides is 3. The van der Waals surface area contributed by atoms with Gasteiger partial charge in [0.1, 0.15) is 11.5 Å². The summed E-state index contributed by atoms with van der Waals surface area (Å²) in [5.41, 5.74) is -1.11. The molecule has 1 spiro atoms. The summed E-state index contributed by atoms with van der Waals surface area (Å²) in [5, 5.41) is 2.83. The molecular weight excluding hydrogens is 487 g/mol. The number of likely N-dealkylation sites (tertiary alicyclic amines) is 1. The first-order valence-electron chi connectivity index (χ1n) is 11.8. The average Bonchev–Trinajstić information content (AvgIpc) is 3.39. The van der Waals surface area contributed by atoms with Gasteiger partial charge in [-0.2, -0.15) is 13.2 Å². The molecule has 3 atom stereocenters. The van der Waals surface area contributed by atoms with Crippen LogP contribution in [-0.2, 0) is 21.2 Å². The van der Waals surface area contributed by atoms with Crippen molar-refractivity contribution in [3.63, 3.8) is 0 Å². The number of halogens is 3. The van der Waals surface area contributed by atoms with E-state index in [0.29, 0.717) is 23.5 Å². The number of benzene rings is 1. The van der Waals surface area contributed by atoms with Crippen LogP contribution in [0.2, 0.25) is 0 Å². The van der Waals surface area contributed by atoms with Crippen molar-refractivity contribution in [2.24, 2.45) is 5.92 Å². The minimum atomic E-state index is -4.68. The molecule has 0 aliphatic carbocycles. The zero-order chi connectivity index (χ0) is 27.1. The minimum absolute atomic E-state index is 0.0382. The van der Waals surface area contributed by atoms with E-state index in [4.69, 9.17) is 6.57 Å². The van der Waals surface area contributed by atoms with E-state index < -0.39 is 41.2 Å². The molecule has 1 N–H and O–H groups in total. The average molecular weight is 514 g/mol. The molecule has 194 valence electrons. The molecule has 1 fully saturated rings. The SMILES string of the molecule is [C-]#[N+][C@@H]1C[C@@]2(CN1C(=O)[C@H](CC(C)C)N(C)C(=O)c1cncc(C(F)(F)F)c1)C(=O)Nc1ccccc12. The smallest absolute Gasteiger partial charge is 0.330 e. The molecule has 0 radical (unpaired) electrons. The topological polar surface area (TPSA) is 87.0 Å². The predicted molar refractivity (Wildman–Crippen MR) is 128 cm³/mol. The first-order valence-corrected chi connectivity index (χ1v) is 11.8. The molecule has 37 heavy (non-hydrogen) atoms. The lowest BCUT2D eigenvalue weighted by Gasteiger charge is -2.32. The number of hydrogen-bond acceptors (Lipinski definition) is 4. The molecule has 4 rings (SSSR count). The molecule has 0 bridgehead atoms. The highest BCUT2D eigenvalue weighted by Gasteiger charge is 2.59. The second-order valence-electron chi connectivity index (χ2n) is 9.88. The number of pyridine rings is 1. The number of nitrogens with zero attached hydrogens (tertiary/aromatic N) is 4. The number of rotatable bonds is 5. The Labute approximate surface area is 212 Å². The monoisotopic (exact) mass is 513 g/mol. The lowest BCUT2D eigenvalue weighted by molar-refractivity contribution is -0.138. The van der Waals surface area contributed by atoms with E-state index in [1.807, 2.05) is 13.8 Å². The first-order chi connectivity index (χ1) is 17.4. The summed E-state index contributed by atoms with van der Waals surface area (Å²) in [5.74, 6) is -1.67. The van der Waals surface area contributed by atoms with Gasteiger partial charge in [-0.15, -0.1) is 0 Å². The predicted octanol–water partition coefficient (Wildman–Crippen LogP) is 3.95. The van der Waals surface area contributed by atoms with Crippen LogP contribution in [0.4, 0.5) is 18.9 Å². The van der Waals surface area contributed by atoms with E-state index in [1.165, 1.54) is 11.9 Å². The van der Waals surface area contributed by atoms with Crippen LogP contribution in [0.15, 0.2) is 42.7 Å². The van der Waals surface area contributed by atoms with Crippen LogP contribution in [0.5, 0.6) is 0 Å². The van der Waals surface area contributed by atoms with E-state index >= 15 is 0 Å². The van der Waals surface area contributed by atoms with Gasteiger partial charge in [0.05, 0.1) is 17.5 Å². The Bertz CT molecular complexity index is 1290. The number of anilines is 1. The number of aromatic nitrogens is 1. The molecule has 2 aromatic rings. The second-order valence-corrected chi connectivity index (χ2v) is 9.88. The van der Waals surface area contributed by atoms with Crippen LogP contribution in [0.25, 0.3) is 4.85 Å². The van der Waals surface area contributed by atoms with Crippen LogP contribution in [-0.4, -0.2) is 58.3 Å². The standard InChI is InChI=1S/C26H26F3N5O3/c1-15(2)9-20(33(4)22(35)16-10-17(13-31-12-16)26(27,28)29)23(36)34-14-25(11-21(34)30-3)18-7-5-6-8-19(18)32-24(25)37/h5-8,10,12-13,15,20-21H,9,11,14H2,1-2,4H3,(H,32,37)/t20-,21-,25-/m0/s1. The molecule has 3 amide bonds. The van der Waals surface area contributed by atoms with Gasteiger partial charge in [-0.1, -0.05) is 32.0 Å². The van der Waals surface area contributed by atoms with Gasteiger partial charge in [-0.3, -0.25) is 29.1 Å². The number of likely N-dealkylation sites (N-methyl/N-ethyl adjacent to an activating group) is 1. The quantitative estimate of drug-likeness (QED) is 0.614. The zero-order valence-corrected chi connectivity index (χ0v) is 20.5. The van der Waals surface area contributed by atoms with Crippen LogP contribution in [0.1, 0.15) is 48.2 Å². The highest BCUT2D eigenvalue weighted by Crippen LogP contribution is 2.47. The fourth-order valence-corrected chi connectivity index (χ4v) is 5.08. The molecular formula is C26H26F3N5O3. The zero-order valence-electron chi connectivity index (χ0n) is 20.5. The number of nitrogens with one attached hydrogen (secondary N) is 1. The van der Waals surface area contributed by atoms with Gasteiger partial charge in [0.2, 0.25) is 5.91 Å². The molecule has 1 aromatic heterocycles. The Morgan fingerprint density at radius 2 is 2.00 bits per heavy atom. The number of amides is 3. The largest absolute Gasteiger partial charge is 0.417 e. The van der Waals surface area contributed by atoms with Gasteiger partial charge in [0.15, 0.2) is 0 Å². The maximum Gasteiger partial charge on any atom is 0.417 e. The van der Waals surface area contributed by atoms with E-state index in [1.54, 1.807) is 24.3 Å². The molecule has 1 saturated heterocycles. The Balaban J connectivity index is 1.65. The van der Waals surface area contributed by atoms with Gasteiger partial charge in [0.25, 0.3) is 11.8 Å². The Hall–Kier alpha value is -3.94. The summed E-state index contributed by atoms with van der Waals surface area (Å²) in [4.78, 5) is 49.7. The van der Waals surface area contributed by atoms with E-state index in [9.17, 15) is 27.6 Å². The minimum Gasteiger partial charge on any atom is -0.330 e. The van der Waals surface area contributed by atoms with E-state index in [0.717, 1.165) is 11.1 Å². The normalized spacial score (nSPS) is 21.5. The van der Waals surface area contributed by atoms with Crippen molar-refractivity contribution in [3.8, 4) is 0 Å². The third-order valence-corrected chi connectivity index (χ3v) is 6.97. The third kappa shape index (κ3) is 4.63. The summed E-state index contributed by atoms with van der Waals surface area (Å²) < 4.78 is 39.5. The van der Waals surface area contributed by atoms with Crippen LogP contribution < -0.4 is 5.32 Å². The van der Waals surface area contributed by atoms with Crippen LogP contribution in [0, 0.1) is 12.5 Å². The Morgan fingerprint density at radius 1 is 1.30 bits per heavy atom. The van der Waals surface area contributed by atoms with E-state index in [2.05, 4.69) is 15.1 Å². The van der Waals surface area contributed by atoms with Crippen molar-refractivity contribution in [3.05, 3.63) is 70.8 Å². The first kappa shape index (κ1) is 26.1. The summed E-state index contributed by atoms with van der Waals surface area (Å²) in [6, 6.07) is 6.77. The number of carbonyl (C=O) groups is 3. The van der Waals surface area contributed by atoms with Crippen LogP contribution >= 0.6 is 0 Å². The molecule has 2 aliphatic heterocycles. The van der Waals surface area contributed by atoms with Gasteiger partial charge in [-0.25, -0.2) is 6.57 Å². The number of carbonyl (C=O) groups excluding carboxylic acids is 3. The summed E-state index contributed by atoms with van der Waals surface area (Å²) in [6.07, 6.45) is -3.64.